The SMILES string of the molecule is O=C(NCCS(=O)(=O)N1CCOCC1)C1CC(=O)N(c2cccc(C(F)(F)F)c2)C1. The van der Waals surface area contributed by atoms with Crippen LogP contribution < -0.4 is 10.2 Å². The van der Waals surface area contributed by atoms with Crippen molar-refractivity contribution in [3.05, 3.63) is 29.8 Å². The monoisotopic (exact) mass is 449 g/mol. The van der Waals surface area contributed by atoms with E-state index in [1.54, 1.807) is 0 Å². The predicted octanol–water partition coefficient (Wildman–Crippen LogP) is 0.837. The minimum atomic E-state index is -4.54. The van der Waals surface area contributed by atoms with E-state index < -0.39 is 39.5 Å². The maximum atomic E-state index is 12.9. The lowest BCUT2D eigenvalue weighted by atomic mass is 10.1. The highest BCUT2D eigenvalue weighted by Gasteiger charge is 2.37. The minimum Gasteiger partial charge on any atom is -0.379 e. The number of halogens is 3. The number of sulfonamides is 1. The number of rotatable bonds is 6. The maximum Gasteiger partial charge on any atom is 0.416 e. The molecule has 30 heavy (non-hydrogen) atoms. The molecule has 1 N–H and O–H groups in total. The van der Waals surface area contributed by atoms with Gasteiger partial charge in [0.25, 0.3) is 0 Å². The Morgan fingerprint density at radius 1 is 1.23 bits per heavy atom. The molecule has 3 rings (SSSR count). The smallest absolute Gasteiger partial charge is 0.379 e. The van der Waals surface area contributed by atoms with E-state index in [9.17, 15) is 31.2 Å². The number of carbonyl (C=O) groups is 2. The number of alkyl halides is 3. The molecule has 0 aromatic heterocycles. The Labute approximate surface area is 172 Å². The average molecular weight is 449 g/mol. The first kappa shape index (κ1) is 22.5. The van der Waals surface area contributed by atoms with Crippen LogP contribution in [0, 0.1) is 5.92 Å². The van der Waals surface area contributed by atoms with Crippen LogP contribution in [0.25, 0.3) is 0 Å². The Bertz CT molecular complexity index is 901. The van der Waals surface area contributed by atoms with Gasteiger partial charge in [0.05, 0.1) is 30.4 Å². The number of benzene rings is 1. The van der Waals surface area contributed by atoms with Crippen molar-refractivity contribution in [2.45, 2.75) is 12.6 Å². The molecule has 2 amide bonds. The van der Waals surface area contributed by atoms with Crippen molar-refractivity contribution in [1.29, 1.82) is 0 Å². The lowest BCUT2D eigenvalue weighted by Gasteiger charge is -2.26. The summed E-state index contributed by atoms with van der Waals surface area (Å²) in [7, 11) is -3.53. The van der Waals surface area contributed by atoms with E-state index in [1.807, 2.05) is 0 Å². The summed E-state index contributed by atoms with van der Waals surface area (Å²) in [5, 5.41) is 2.51. The quantitative estimate of drug-likeness (QED) is 0.694. The van der Waals surface area contributed by atoms with Gasteiger partial charge < -0.3 is 15.0 Å². The molecule has 2 saturated heterocycles. The van der Waals surface area contributed by atoms with Crippen LogP contribution in [0.1, 0.15) is 12.0 Å². The number of anilines is 1. The van der Waals surface area contributed by atoms with Crippen LogP contribution in [0.3, 0.4) is 0 Å². The third kappa shape index (κ3) is 5.29. The molecule has 1 atom stereocenters. The van der Waals surface area contributed by atoms with Crippen molar-refractivity contribution in [3.63, 3.8) is 0 Å². The van der Waals surface area contributed by atoms with Gasteiger partial charge in [-0.1, -0.05) is 6.07 Å². The fourth-order valence-corrected chi connectivity index (χ4v) is 4.71. The second-order valence-corrected chi connectivity index (χ2v) is 9.16. The van der Waals surface area contributed by atoms with E-state index in [-0.39, 0.29) is 44.0 Å². The van der Waals surface area contributed by atoms with Gasteiger partial charge in [0, 0.05) is 38.3 Å². The molecule has 0 bridgehead atoms. The fraction of sp³-hybridized carbons (Fsp3) is 0.556. The summed E-state index contributed by atoms with van der Waals surface area (Å²) in [6, 6.07) is 4.36. The molecule has 8 nitrogen and oxygen atoms in total. The Hall–Kier alpha value is -2.18. The summed E-state index contributed by atoms with van der Waals surface area (Å²) in [6.07, 6.45) is -4.69. The molecular formula is C18H22F3N3O5S. The normalized spacial score (nSPS) is 21.1. The summed E-state index contributed by atoms with van der Waals surface area (Å²) in [5.74, 6) is -2.01. The van der Waals surface area contributed by atoms with Crippen LogP contribution in [-0.2, 0) is 30.5 Å². The van der Waals surface area contributed by atoms with Crippen LogP contribution in [0.5, 0.6) is 0 Å². The molecule has 1 aromatic carbocycles. The Kier molecular flexibility index (Phi) is 6.68. The molecule has 0 aliphatic carbocycles. The van der Waals surface area contributed by atoms with Crippen molar-refractivity contribution in [1.82, 2.24) is 9.62 Å². The van der Waals surface area contributed by atoms with Gasteiger partial charge in [0.15, 0.2) is 0 Å². The second kappa shape index (κ2) is 8.90. The topological polar surface area (TPSA) is 96.0 Å². The van der Waals surface area contributed by atoms with Gasteiger partial charge in [-0.15, -0.1) is 0 Å². The lowest BCUT2D eigenvalue weighted by molar-refractivity contribution is -0.137. The van der Waals surface area contributed by atoms with Crippen LogP contribution in [0.4, 0.5) is 18.9 Å². The van der Waals surface area contributed by atoms with Gasteiger partial charge in [-0.25, -0.2) is 8.42 Å². The van der Waals surface area contributed by atoms with E-state index in [1.165, 1.54) is 16.4 Å². The van der Waals surface area contributed by atoms with E-state index in [4.69, 9.17) is 4.74 Å². The Balaban J connectivity index is 1.55. The van der Waals surface area contributed by atoms with Crippen molar-refractivity contribution in [2.24, 2.45) is 5.92 Å². The van der Waals surface area contributed by atoms with Gasteiger partial charge in [0.1, 0.15) is 0 Å². The Morgan fingerprint density at radius 2 is 1.93 bits per heavy atom. The van der Waals surface area contributed by atoms with Crippen LogP contribution in [0.2, 0.25) is 0 Å². The van der Waals surface area contributed by atoms with Gasteiger partial charge in [-0.05, 0) is 18.2 Å². The van der Waals surface area contributed by atoms with E-state index in [2.05, 4.69) is 5.32 Å². The largest absolute Gasteiger partial charge is 0.416 e. The summed E-state index contributed by atoms with van der Waals surface area (Å²) in [6.45, 7) is 0.982. The number of nitrogens with one attached hydrogen (secondary N) is 1. The van der Waals surface area contributed by atoms with E-state index >= 15 is 0 Å². The van der Waals surface area contributed by atoms with Gasteiger partial charge in [-0.2, -0.15) is 17.5 Å². The number of nitrogens with zero attached hydrogens (tertiary/aromatic N) is 2. The highest BCUT2D eigenvalue weighted by Crippen LogP contribution is 2.33. The Morgan fingerprint density at radius 3 is 2.60 bits per heavy atom. The lowest BCUT2D eigenvalue weighted by Crippen LogP contribution is -2.44. The van der Waals surface area contributed by atoms with Crippen molar-refractivity contribution < 1.29 is 35.9 Å². The molecule has 1 aromatic rings. The van der Waals surface area contributed by atoms with Crippen molar-refractivity contribution >= 4 is 27.5 Å². The summed E-state index contributed by atoms with van der Waals surface area (Å²) >= 11 is 0. The zero-order chi connectivity index (χ0) is 21.9. The molecule has 1 unspecified atom stereocenters. The second-order valence-electron chi connectivity index (χ2n) is 7.07. The molecule has 12 heteroatoms. The van der Waals surface area contributed by atoms with Gasteiger partial charge in [-0.3, -0.25) is 9.59 Å². The zero-order valence-electron chi connectivity index (χ0n) is 16.0. The summed E-state index contributed by atoms with van der Waals surface area (Å²) in [4.78, 5) is 25.7. The highest BCUT2D eigenvalue weighted by molar-refractivity contribution is 7.89. The van der Waals surface area contributed by atoms with Crippen LogP contribution in [-0.4, -0.2) is 69.7 Å². The maximum absolute atomic E-state index is 12.9. The molecule has 0 radical (unpaired) electrons. The van der Waals surface area contributed by atoms with Gasteiger partial charge in [0.2, 0.25) is 21.8 Å². The van der Waals surface area contributed by atoms with Crippen LogP contribution in [0.15, 0.2) is 24.3 Å². The molecular weight excluding hydrogens is 427 g/mol. The van der Waals surface area contributed by atoms with E-state index in [0.717, 1.165) is 17.0 Å². The molecule has 0 spiro atoms. The molecule has 2 aliphatic rings. The van der Waals surface area contributed by atoms with E-state index in [0.29, 0.717) is 13.2 Å². The zero-order valence-corrected chi connectivity index (χ0v) is 16.8. The first-order chi connectivity index (χ1) is 14.1. The number of amides is 2. The summed E-state index contributed by atoms with van der Waals surface area (Å²) in [5.41, 5.74) is -0.811. The number of hydrogen-bond acceptors (Lipinski definition) is 5. The number of ether oxygens (including phenoxy) is 1. The van der Waals surface area contributed by atoms with Crippen molar-refractivity contribution in [3.8, 4) is 0 Å². The first-order valence-electron chi connectivity index (χ1n) is 9.39. The minimum absolute atomic E-state index is 0.0673. The number of carbonyl (C=O) groups excluding carboxylic acids is 2. The molecule has 166 valence electrons. The molecule has 2 fully saturated rings. The summed E-state index contributed by atoms with van der Waals surface area (Å²) < 4.78 is 69.6. The van der Waals surface area contributed by atoms with Gasteiger partial charge >= 0.3 is 6.18 Å². The highest BCUT2D eigenvalue weighted by atomic mass is 32.2. The fourth-order valence-electron chi connectivity index (χ4n) is 3.38. The molecule has 2 aliphatic heterocycles. The number of hydrogen-bond donors (Lipinski definition) is 1. The molecule has 0 saturated carbocycles. The average Bonchev–Trinajstić information content (AvgIpc) is 3.10. The number of morpholine rings is 1. The first-order valence-corrected chi connectivity index (χ1v) is 11.0. The van der Waals surface area contributed by atoms with Crippen LogP contribution >= 0.6 is 0 Å². The van der Waals surface area contributed by atoms with Crippen molar-refractivity contribution in [2.75, 3.05) is 50.0 Å². The molecule has 2 heterocycles. The third-order valence-electron chi connectivity index (χ3n) is 5.00. The third-order valence-corrected chi connectivity index (χ3v) is 6.88. The standard InChI is InChI=1S/C18H22F3N3O5S/c19-18(20,21)14-2-1-3-15(11-14)24-12-13(10-16(24)25)17(26)22-4-9-30(27,28)23-5-7-29-8-6-23/h1-3,11,13H,4-10,12H2,(H,22,26). The predicted molar refractivity (Wildman–Crippen MR) is 101 cm³/mol.